The first kappa shape index (κ1) is 14.9. The molecule has 102 valence electrons. The van der Waals surface area contributed by atoms with Crippen molar-refractivity contribution in [1.29, 1.82) is 0 Å². The van der Waals surface area contributed by atoms with Crippen LogP contribution < -0.4 is 5.32 Å². The molecule has 6 heteroatoms. The van der Waals surface area contributed by atoms with Crippen molar-refractivity contribution in [2.75, 3.05) is 5.32 Å². The summed E-state index contributed by atoms with van der Waals surface area (Å²) in [6.45, 7) is 0. The third-order valence-electron chi connectivity index (χ3n) is 2.72. The van der Waals surface area contributed by atoms with Crippen LogP contribution in [-0.4, -0.2) is 9.97 Å². The molecule has 0 saturated carbocycles. The summed E-state index contributed by atoms with van der Waals surface area (Å²) >= 11 is 12.1. The average molecular weight is 327 g/mol. The van der Waals surface area contributed by atoms with Crippen LogP contribution in [0.1, 0.15) is 0 Å². The predicted molar refractivity (Wildman–Crippen MR) is 86.5 cm³/mol. The third kappa shape index (κ3) is 2.96. The van der Waals surface area contributed by atoms with Crippen LogP contribution in [-0.2, 0) is 0 Å². The lowest BCUT2D eigenvalue weighted by atomic mass is 10.2. The van der Waals surface area contributed by atoms with Gasteiger partial charge in [-0.25, -0.2) is 9.97 Å². The summed E-state index contributed by atoms with van der Waals surface area (Å²) in [5.41, 5.74) is 1.59. The van der Waals surface area contributed by atoms with E-state index in [2.05, 4.69) is 15.3 Å². The number of nitrogens with zero attached hydrogens (tertiary/aromatic N) is 2. The van der Waals surface area contributed by atoms with Gasteiger partial charge >= 0.3 is 0 Å². The summed E-state index contributed by atoms with van der Waals surface area (Å²) in [6, 6.07) is 13.0. The Morgan fingerprint density at radius 3 is 2.60 bits per heavy atom. The number of hydrogen-bond donors (Lipinski definition) is 1. The fourth-order valence-corrected chi connectivity index (χ4v) is 2.16. The molecule has 0 spiro atoms. The molecule has 3 nitrogen and oxygen atoms in total. The molecule has 0 aliphatic carbocycles. The summed E-state index contributed by atoms with van der Waals surface area (Å²) in [5, 5.41) is 5.33. The minimum Gasteiger partial charge on any atom is -0.338 e. The number of hydrogen-bond acceptors (Lipinski definition) is 3. The zero-order chi connectivity index (χ0) is 13.2. The smallest absolute Gasteiger partial charge is 0.141 e. The largest absolute Gasteiger partial charge is 0.338 e. The van der Waals surface area contributed by atoms with Gasteiger partial charge in [-0.1, -0.05) is 35.3 Å². The van der Waals surface area contributed by atoms with E-state index in [0.717, 1.165) is 16.6 Å². The molecule has 0 bridgehead atoms. The Balaban J connectivity index is 0.00000147. The number of aromatic nitrogens is 2. The van der Waals surface area contributed by atoms with E-state index in [4.69, 9.17) is 23.2 Å². The van der Waals surface area contributed by atoms with Crippen LogP contribution in [0.15, 0.2) is 48.8 Å². The maximum Gasteiger partial charge on any atom is 0.141 e. The molecule has 2 aromatic carbocycles. The second-order valence-corrected chi connectivity index (χ2v) is 4.83. The number of rotatable bonds is 2. The van der Waals surface area contributed by atoms with Crippen LogP contribution in [0.5, 0.6) is 0 Å². The van der Waals surface area contributed by atoms with Gasteiger partial charge in [0, 0.05) is 10.4 Å². The van der Waals surface area contributed by atoms with Gasteiger partial charge in [0.1, 0.15) is 12.1 Å². The number of para-hydroxylation sites is 1. The van der Waals surface area contributed by atoms with E-state index < -0.39 is 0 Å². The van der Waals surface area contributed by atoms with Gasteiger partial charge in [-0.3, -0.25) is 0 Å². The van der Waals surface area contributed by atoms with Gasteiger partial charge in [-0.2, -0.15) is 0 Å². The van der Waals surface area contributed by atoms with E-state index in [1.54, 1.807) is 18.2 Å². The van der Waals surface area contributed by atoms with Crippen LogP contribution >= 0.6 is 35.6 Å². The first-order chi connectivity index (χ1) is 9.24. The summed E-state index contributed by atoms with van der Waals surface area (Å²) in [5.74, 6) is 0.703. The minimum absolute atomic E-state index is 0. The van der Waals surface area contributed by atoms with Crippen LogP contribution in [0.3, 0.4) is 0 Å². The van der Waals surface area contributed by atoms with E-state index in [0.29, 0.717) is 15.9 Å². The van der Waals surface area contributed by atoms with E-state index in [1.165, 1.54) is 6.33 Å². The number of halogens is 3. The Hall–Kier alpha value is -1.55. The average Bonchev–Trinajstić information content (AvgIpc) is 2.43. The van der Waals surface area contributed by atoms with Crippen LogP contribution in [0, 0.1) is 0 Å². The first-order valence-corrected chi connectivity index (χ1v) is 6.41. The molecule has 0 aliphatic rings. The zero-order valence-electron chi connectivity index (χ0n) is 10.2. The van der Waals surface area contributed by atoms with Gasteiger partial charge in [0.15, 0.2) is 0 Å². The monoisotopic (exact) mass is 325 g/mol. The van der Waals surface area contributed by atoms with Crippen molar-refractivity contribution in [1.82, 2.24) is 9.97 Å². The van der Waals surface area contributed by atoms with Gasteiger partial charge in [-0.15, -0.1) is 12.4 Å². The van der Waals surface area contributed by atoms with Gasteiger partial charge in [-0.05, 0) is 30.3 Å². The van der Waals surface area contributed by atoms with Gasteiger partial charge in [0.2, 0.25) is 0 Å². The van der Waals surface area contributed by atoms with Gasteiger partial charge < -0.3 is 5.32 Å². The maximum absolute atomic E-state index is 6.13. The molecule has 0 unspecified atom stereocenters. The SMILES string of the molecule is Cl.Clc1ccc(Cl)c(Nc2ncnc3ccccc23)c1. The van der Waals surface area contributed by atoms with Crippen LogP contribution in [0.4, 0.5) is 11.5 Å². The number of fused-ring (bicyclic) bond motifs is 1. The second kappa shape index (κ2) is 6.27. The Bertz CT molecular complexity index is 741. The molecule has 0 aliphatic heterocycles. The topological polar surface area (TPSA) is 37.8 Å². The molecule has 0 atom stereocenters. The lowest BCUT2D eigenvalue weighted by Crippen LogP contribution is -1.96. The summed E-state index contributed by atoms with van der Waals surface area (Å²) < 4.78 is 0. The van der Waals surface area contributed by atoms with Crippen molar-refractivity contribution in [3.8, 4) is 0 Å². The molecule has 0 amide bonds. The molecule has 3 rings (SSSR count). The quantitative estimate of drug-likeness (QED) is 0.711. The van der Waals surface area contributed by atoms with Crippen LogP contribution in [0.2, 0.25) is 10.0 Å². The molecule has 1 heterocycles. The fraction of sp³-hybridized carbons (Fsp3) is 0. The van der Waals surface area contributed by atoms with Crippen molar-refractivity contribution in [3.05, 3.63) is 58.8 Å². The third-order valence-corrected chi connectivity index (χ3v) is 3.29. The second-order valence-electron chi connectivity index (χ2n) is 3.99. The zero-order valence-corrected chi connectivity index (χ0v) is 12.5. The van der Waals surface area contributed by atoms with Gasteiger partial charge in [0.05, 0.1) is 16.2 Å². The van der Waals surface area contributed by atoms with E-state index in [1.807, 2.05) is 24.3 Å². The predicted octanol–water partition coefficient (Wildman–Crippen LogP) is 5.10. The molecule has 3 aromatic rings. The Morgan fingerprint density at radius 1 is 0.950 bits per heavy atom. The Morgan fingerprint density at radius 2 is 1.75 bits per heavy atom. The van der Waals surface area contributed by atoms with Crippen molar-refractivity contribution in [3.63, 3.8) is 0 Å². The highest BCUT2D eigenvalue weighted by Gasteiger charge is 2.06. The fourth-order valence-electron chi connectivity index (χ4n) is 1.83. The van der Waals surface area contributed by atoms with Crippen LogP contribution in [0.25, 0.3) is 10.9 Å². The normalized spacial score (nSPS) is 10.1. The molecular formula is C14H10Cl3N3. The standard InChI is InChI=1S/C14H9Cl2N3.ClH/c15-9-5-6-11(16)13(7-9)19-14-10-3-1-2-4-12(10)17-8-18-14;/h1-8H,(H,17,18,19);1H. The lowest BCUT2D eigenvalue weighted by Gasteiger charge is -2.10. The highest BCUT2D eigenvalue weighted by atomic mass is 35.5. The van der Waals surface area contributed by atoms with E-state index in [-0.39, 0.29) is 12.4 Å². The molecule has 1 N–H and O–H groups in total. The summed E-state index contributed by atoms with van der Waals surface area (Å²) in [7, 11) is 0. The molecule has 1 aromatic heterocycles. The molecule has 20 heavy (non-hydrogen) atoms. The molecule has 0 saturated heterocycles. The molecular weight excluding hydrogens is 317 g/mol. The Labute approximate surface area is 132 Å². The highest BCUT2D eigenvalue weighted by Crippen LogP contribution is 2.29. The highest BCUT2D eigenvalue weighted by molar-refractivity contribution is 6.35. The van der Waals surface area contributed by atoms with Crippen molar-refractivity contribution in [2.45, 2.75) is 0 Å². The molecule has 0 radical (unpaired) electrons. The van der Waals surface area contributed by atoms with E-state index >= 15 is 0 Å². The molecule has 0 fully saturated rings. The Kier molecular flexibility index (Phi) is 4.65. The van der Waals surface area contributed by atoms with Gasteiger partial charge in [0.25, 0.3) is 0 Å². The van der Waals surface area contributed by atoms with Crippen molar-refractivity contribution in [2.24, 2.45) is 0 Å². The number of nitrogens with one attached hydrogen (secondary N) is 1. The van der Waals surface area contributed by atoms with Crippen molar-refractivity contribution >= 4 is 58.0 Å². The minimum atomic E-state index is 0. The van der Waals surface area contributed by atoms with E-state index in [9.17, 15) is 0 Å². The maximum atomic E-state index is 6.13. The van der Waals surface area contributed by atoms with Crippen molar-refractivity contribution < 1.29 is 0 Å². The summed E-state index contributed by atoms with van der Waals surface area (Å²) in [4.78, 5) is 8.46. The number of benzene rings is 2. The number of anilines is 2. The summed E-state index contributed by atoms with van der Waals surface area (Å²) in [6.07, 6.45) is 1.52. The first-order valence-electron chi connectivity index (χ1n) is 5.66. The lowest BCUT2D eigenvalue weighted by molar-refractivity contribution is 1.22.